The van der Waals surface area contributed by atoms with Crippen molar-refractivity contribution in [2.45, 2.75) is 58.0 Å². The Balaban J connectivity index is 2.19. The van der Waals surface area contributed by atoms with Crippen LogP contribution in [0.15, 0.2) is 54.6 Å². The number of carbonyl (C=O) groups excluding carboxylic acids is 2. The molecule has 3 nitrogen and oxygen atoms in total. The van der Waals surface area contributed by atoms with Crippen LogP contribution in [0.2, 0.25) is 0 Å². The maximum absolute atomic E-state index is 12.9. The molecule has 0 saturated heterocycles. The summed E-state index contributed by atoms with van der Waals surface area (Å²) in [4.78, 5) is 25.4. The van der Waals surface area contributed by atoms with Crippen LogP contribution in [-0.4, -0.2) is 22.3 Å². The normalized spacial score (nSPS) is 11.3. The van der Waals surface area contributed by atoms with E-state index in [-0.39, 0.29) is 11.6 Å². The van der Waals surface area contributed by atoms with Gasteiger partial charge in [-0.1, -0.05) is 94.1 Å². The van der Waals surface area contributed by atoms with Gasteiger partial charge < -0.3 is 5.11 Å². The molecule has 0 unspecified atom stereocenters. The zero-order valence-corrected chi connectivity index (χ0v) is 15.7. The summed E-state index contributed by atoms with van der Waals surface area (Å²) in [6, 6.07) is 15.7. The Morgan fingerprint density at radius 3 is 1.73 bits per heavy atom. The van der Waals surface area contributed by atoms with E-state index in [2.05, 4.69) is 13.8 Å². The fourth-order valence-electron chi connectivity index (χ4n) is 3.09. The minimum atomic E-state index is -1.31. The van der Waals surface area contributed by atoms with Gasteiger partial charge in [0.1, 0.15) is 5.60 Å². The smallest absolute Gasteiger partial charge is 0.194 e. The lowest BCUT2D eigenvalue weighted by molar-refractivity contribution is 0.0202. The predicted molar refractivity (Wildman–Crippen MR) is 105 cm³/mol. The Bertz CT molecular complexity index is 709. The lowest BCUT2D eigenvalue weighted by Gasteiger charge is -2.26. The van der Waals surface area contributed by atoms with Crippen LogP contribution in [0.5, 0.6) is 0 Å². The zero-order chi connectivity index (χ0) is 19.0. The van der Waals surface area contributed by atoms with Gasteiger partial charge in [0.2, 0.25) is 0 Å². The molecule has 0 aliphatic heterocycles. The molecular weight excluding hydrogens is 324 g/mol. The van der Waals surface area contributed by atoms with Crippen LogP contribution in [0.1, 0.15) is 78.7 Å². The number of Topliss-reactive ketones (excluding diaryl/α,β-unsaturated/α-hetero) is 1. The summed E-state index contributed by atoms with van der Waals surface area (Å²) in [6.07, 6.45) is 4.46. The Hall–Kier alpha value is -2.26. The Morgan fingerprint density at radius 1 is 0.769 bits per heavy atom. The van der Waals surface area contributed by atoms with Crippen molar-refractivity contribution in [2.24, 2.45) is 0 Å². The number of benzene rings is 2. The first-order valence-electron chi connectivity index (χ1n) is 9.49. The molecular formula is C23H28O3. The molecule has 0 aliphatic rings. The maximum atomic E-state index is 12.9. The minimum Gasteiger partial charge on any atom is -0.382 e. The van der Waals surface area contributed by atoms with Gasteiger partial charge in [-0.25, -0.2) is 0 Å². The van der Waals surface area contributed by atoms with Crippen molar-refractivity contribution < 1.29 is 14.7 Å². The van der Waals surface area contributed by atoms with Gasteiger partial charge in [-0.15, -0.1) is 0 Å². The van der Waals surface area contributed by atoms with Crippen molar-refractivity contribution in [1.29, 1.82) is 0 Å². The number of hydrogen-bond acceptors (Lipinski definition) is 3. The van der Waals surface area contributed by atoms with Crippen LogP contribution in [0, 0.1) is 0 Å². The lowest BCUT2D eigenvalue weighted by atomic mass is 9.83. The third-order valence-electron chi connectivity index (χ3n) is 4.76. The summed E-state index contributed by atoms with van der Waals surface area (Å²) in [7, 11) is 0. The first-order valence-corrected chi connectivity index (χ1v) is 9.49. The molecule has 1 N–H and O–H groups in total. The number of aliphatic hydroxyl groups is 1. The van der Waals surface area contributed by atoms with Crippen molar-refractivity contribution in [3.05, 3.63) is 71.3 Å². The average Bonchev–Trinajstić information content (AvgIpc) is 2.70. The standard InChI is InChI=1S/C23H28O3/c1-3-5-16-23(26,17-6-4-2)22(25)20-14-12-19(13-15-20)21(24)18-10-8-7-9-11-18/h7-15,26H,3-6,16-17H2,1-2H3. The second-order valence-electron chi connectivity index (χ2n) is 6.84. The number of rotatable bonds is 10. The first-order chi connectivity index (χ1) is 12.5. The second-order valence-corrected chi connectivity index (χ2v) is 6.84. The molecule has 2 aromatic carbocycles. The molecule has 2 rings (SSSR count). The Kier molecular flexibility index (Phi) is 7.28. The van der Waals surface area contributed by atoms with E-state index in [1.807, 2.05) is 18.2 Å². The highest BCUT2D eigenvalue weighted by molar-refractivity contribution is 6.10. The van der Waals surface area contributed by atoms with E-state index in [0.717, 1.165) is 25.7 Å². The fourth-order valence-corrected chi connectivity index (χ4v) is 3.09. The molecule has 0 atom stereocenters. The van der Waals surface area contributed by atoms with Crippen LogP contribution in [0.3, 0.4) is 0 Å². The molecule has 0 heterocycles. The summed E-state index contributed by atoms with van der Waals surface area (Å²) in [5.41, 5.74) is 0.313. The molecule has 0 spiro atoms. The van der Waals surface area contributed by atoms with Crippen LogP contribution < -0.4 is 0 Å². The van der Waals surface area contributed by atoms with Crippen molar-refractivity contribution in [3.8, 4) is 0 Å². The fraction of sp³-hybridized carbons (Fsp3) is 0.391. The molecule has 26 heavy (non-hydrogen) atoms. The van der Waals surface area contributed by atoms with E-state index in [1.165, 1.54) is 0 Å². The molecule has 0 amide bonds. The quantitative estimate of drug-likeness (QED) is 0.597. The topological polar surface area (TPSA) is 54.4 Å². The van der Waals surface area contributed by atoms with E-state index in [0.29, 0.717) is 29.5 Å². The number of carbonyl (C=O) groups is 2. The summed E-state index contributed by atoms with van der Waals surface area (Å²) >= 11 is 0. The summed E-state index contributed by atoms with van der Waals surface area (Å²) in [5, 5.41) is 10.9. The summed E-state index contributed by atoms with van der Waals surface area (Å²) in [6.45, 7) is 4.10. The largest absolute Gasteiger partial charge is 0.382 e. The molecule has 138 valence electrons. The third kappa shape index (κ3) is 4.89. The van der Waals surface area contributed by atoms with Gasteiger partial charge in [0.25, 0.3) is 0 Å². The van der Waals surface area contributed by atoms with E-state index < -0.39 is 5.60 Å². The zero-order valence-electron chi connectivity index (χ0n) is 15.7. The van der Waals surface area contributed by atoms with Crippen molar-refractivity contribution >= 4 is 11.6 Å². The van der Waals surface area contributed by atoms with Gasteiger partial charge in [-0.2, -0.15) is 0 Å². The SMILES string of the molecule is CCCCC(O)(CCCC)C(=O)c1ccc(C(=O)c2ccccc2)cc1. The molecule has 0 saturated carbocycles. The number of hydrogen-bond donors (Lipinski definition) is 1. The molecule has 0 radical (unpaired) electrons. The molecule has 0 fully saturated rings. The van der Waals surface area contributed by atoms with E-state index in [9.17, 15) is 14.7 Å². The van der Waals surface area contributed by atoms with Gasteiger partial charge >= 0.3 is 0 Å². The highest BCUT2D eigenvalue weighted by Gasteiger charge is 2.35. The van der Waals surface area contributed by atoms with Crippen LogP contribution in [0.25, 0.3) is 0 Å². The number of unbranched alkanes of at least 4 members (excludes halogenated alkanes) is 2. The van der Waals surface area contributed by atoms with E-state index in [1.54, 1.807) is 36.4 Å². The maximum Gasteiger partial charge on any atom is 0.194 e. The highest BCUT2D eigenvalue weighted by Crippen LogP contribution is 2.26. The first kappa shape index (κ1) is 20.1. The molecule has 0 aromatic heterocycles. The van der Waals surface area contributed by atoms with Gasteiger partial charge in [0, 0.05) is 16.7 Å². The third-order valence-corrected chi connectivity index (χ3v) is 4.76. The lowest BCUT2D eigenvalue weighted by Crippen LogP contribution is -2.38. The highest BCUT2D eigenvalue weighted by atomic mass is 16.3. The van der Waals surface area contributed by atoms with Crippen molar-refractivity contribution in [1.82, 2.24) is 0 Å². The van der Waals surface area contributed by atoms with Crippen LogP contribution in [0.4, 0.5) is 0 Å². The molecule has 0 bridgehead atoms. The molecule has 0 aliphatic carbocycles. The Labute approximate surface area is 156 Å². The molecule has 2 aromatic rings. The van der Waals surface area contributed by atoms with Crippen molar-refractivity contribution in [3.63, 3.8) is 0 Å². The predicted octanol–water partition coefficient (Wildman–Crippen LogP) is 5.21. The van der Waals surface area contributed by atoms with E-state index >= 15 is 0 Å². The number of ketones is 2. The average molecular weight is 352 g/mol. The van der Waals surface area contributed by atoms with E-state index in [4.69, 9.17) is 0 Å². The second kappa shape index (κ2) is 9.44. The van der Waals surface area contributed by atoms with Gasteiger partial charge in [0.15, 0.2) is 11.6 Å². The molecule has 3 heteroatoms. The minimum absolute atomic E-state index is 0.0724. The van der Waals surface area contributed by atoms with Crippen LogP contribution in [-0.2, 0) is 0 Å². The van der Waals surface area contributed by atoms with Gasteiger partial charge in [-0.3, -0.25) is 9.59 Å². The van der Waals surface area contributed by atoms with Crippen molar-refractivity contribution in [2.75, 3.05) is 0 Å². The summed E-state index contributed by atoms with van der Waals surface area (Å²) in [5.74, 6) is -0.310. The van der Waals surface area contributed by atoms with Crippen LogP contribution >= 0.6 is 0 Å². The Morgan fingerprint density at radius 2 is 1.23 bits per heavy atom. The van der Waals surface area contributed by atoms with Gasteiger partial charge in [-0.05, 0) is 12.8 Å². The van der Waals surface area contributed by atoms with Gasteiger partial charge in [0.05, 0.1) is 0 Å². The monoisotopic (exact) mass is 352 g/mol. The summed E-state index contributed by atoms with van der Waals surface area (Å²) < 4.78 is 0.